The van der Waals surface area contributed by atoms with Gasteiger partial charge in [0.25, 0.3) is 0 Å². The van der Waals surface area contributed by atoms with Gasteiger partial charge in [0, 0.05) is 13.0 Å². The molecule has 1 rings (SSSR count). The summed E-state index contributed by atoms with van der Waals surface area (Å²) in [4.78, 5) is 10.5. The van der Waals surface area contributed by atoms with Gasteiger partial charge in [-0.2, -0.15) is 0 Å². The van der Waals surface area contributed by atoms with Crippen molar-refractivity contribution in [3.8, 4) is 12.3 Å². The molecule has 2 N–H and O–H groups in total. The van der Waals surface area contributed by atoms with Crippen molar-refractivity contribution in [2.75, 3.05) is 6.54 Å². The fourth-order valence-corrected chi connectivity index (χ4v) is 2.73. The molecule has 0 aromatic heterocycles. The Labute approximate surface area is 110 Å². The molecule has 1 aromatic carbocycles. The first-order valence-electron chi connectivity index (χ1n) is 4.84. The van der Waals surface area contributed by atoms with E-state index < -0.39 is 16.0 Å². The third kappa shape index (κ3) is 3.47. The van der Waals surface area contributed by atoms with Crippen LogP contribution < -0.4 is 4.72 Å². The summed E-state index contributed by atoms with van der Waals surface area (Å²) < 4.78 is 25.9. The molecule has 0 aliphatic rings. The maximum absolute atomic E-state index is 11.8. The molecule has 0 aliphatic heterocycles. The van der Waals surface area contributed by atoms with Crippen LogP contribution in [0.1, 0.15) is 16.8 Å². The van der Waals surface area contributed by atoms with Gasteiger partial charge in [-0.05, 0) is 18.2 Å². The lowest BCUT2D eigenvalue weighted by atomic mass is 10.2. The van der Waals surface area contributed by atoms with Gasteiger partial charge in [-0.3, -0.25) is 0 Å². The normalized spacial score (nSPS) is 10.9. The maximum atomic E-state index is 11.8. The summed E-state index contributed by atoms with van der Waals surface area (Å²) in [5.41, 5.74) is -0.156. The molecule has 0 radical (unpaired) electrons. The SMILES string of the molecule is C#CCCNS(=O)(=O)c1cc(C(=O)O)ccc1Cl. The molecule has 0 aliphatic carbocycles. The molecule has 0 amide bonds. The number of halogens is 1. The Morgan fingerprint density at radius 1 is 1.50 bits per heavy atom. The Morgan fingerprint density at radius 2 is 2.17 bits per heavy atom. The average molecular weight is 288 g/mol. The molecular weight excluding hydrogens is 278 g/mol. The van der Waals surface area contributed by atoms with Gasteiger partial charge in [-0.1, -0.05) is 11.6 Å². The summed E-state index contributed by atoms with van der Waals surface area (Å²) in [7, 11) is -3.86. The second-order valence-corrected chi connectivity index (χ2v) is 5.44. The van der Waals surface area contributed by atoms with E-state index in [0.29, 0.717) is 0 Å². The van der Waals surface area contributed by atoms with Gasteiger partial charge in [0.1, 0.15) is 4.90 Å². The number of carboxylic acids is 1. The van der Waals surface area contributed by atoms with E-state index in [1.54, 1.807) is 0 Å². The Kier molecular flexibility index (Phi) is 4.73. The van der Waals surface area contributed by atoms with Crippen LogP contribution in [0.2, 0.25) is 5.02 Å². The molecule has 0 heterocycles. The van der Waals surface area contributed by atoms with E-state index >= 15 is 0 Å². The summed E-state index contributed by atoms with van der Waals surface area (Å²) in [5.74, 6) is 1.05. The number of terminal acetylenes is 1. The van der Waals surface area contributed by atoms with Crippen molar-refractivity contribution in [3.63, 3.8) is 0 Å². The highest BCUT2D eigenvalue weighted by Gasteiger charge is 2.19. The van der Waals surface area contributed by atoms with E-state index in [-0.39, 0.29) is 28.4 Å². The molecule has 7 heteroatoms. The monoisotopic (exact) mass is 287 g/mol. The van der Waals surface area contributed by atoms with Crippen molar-refractivity contribution in [2.45, 2.75) is 11.3 Å². The number of nitrogens with one attached hydrogen (secondary N) is 1. The molecule has 0 atom stereocenters. The van der Waals surface area contributed by atoms with Crippen molar-refractivity contribution in [1.82, 2.24) is 4.72 Å². The fourth-order valence-electron chi connectivity index (χ4n) is 1.18. The Hall–Kier alpha value is -1.55. The minimum absolute atomic E-state index is 0.0480. The van der Waals surface area contributed by atoms with Crippen molar-refractivity contribution >= 4 is 27.6 Å². The zero-order chi connectivity index (χ0) is 13.8. The number of sulfonamides is 1. The minimum atomic E-state index is -3.86. The van der Waals surface area contributed by atoms with Crippen molar-refractivity contribution < 1.29 is 18.3 Å². The van der Waals surface area contributed by atoms with Crippen molar-refractivity contribution in [2.24, 2.45) is 0 Å². The quantitative estimate of drug-likeness (QED) is 0.632. The number of carbonyl (C=O) groups is 1. The highest BCUT2D eigenvalue weighted by molar-refractivity contribution is 7.89. The number of hydrogen-bond donors (Lipinski definition) is 2. The number of carboxylic acid groups (broad SMARTS) is 1. The largest absolute Gasteiger partial charge is 0.478 e. The predicted molar refractivity (Wildman–Crippen MR) is 67.0 cm³/mol. The summed E-state index contributed by atoms with van der Waals surface area (Å²) in [6.07, 6.45) is 5.23. The first-order chi connectivity index (χ1) is 8.38. The third-order valence-electron chi connectivity index (χ3n) is 2.03. The number of hydrogen-bond acceptors (Lipinski definition) is 3. The standard InChI is InChI=1S/C11H10ClNO4S/c1-2-3-6-13-18(16,17)10-7-8(11(14)15)4-5-9(10)12/h1,4-5,7,13H,3,6H2,(H,14,15). The summed E-state index contributed by atoms with van der Waals surface area (Å²) in [6.45, 7) is 0.0620. The van der Waals surface area contributed by atoms with E-state index in [0.717, 1.165) is 6.07 Å². The number of benzene rings is 1. The molecular formula is C11H10ClNO4S. The molecule has 0 unspecified atom stereocenters. The molecule has 96 valence electrons. The van der Waals surface area contributed by atoms with Gasteiger partial charge in [-0.15, -0.1) is 12.3 Å². The molecule has 0 spiro atoms. The van der Waals surface area contributed by atoms with E-state index in [9.17, 15) is 13.2 Å². The zero-order valence-corrected chi connectivity index (χ0v) is 10.8. The smallest absolute Gasteiger partial charge is 0.335 e. The van der Waals surface area contributed by atoms with Gasteiger partial charge < -0.3 is 5.11 Å². The van der Waals surface area contributed by atoms with Crippen LogP contribution in [0.15, 0.2) is 23.1 Å². The van der Waals surface area contributed by atoms with Crippen LogP contribution in [-0.4, -0.2) is 26.0 Å². The highest BCUT2D eigenvalue weighted by Crippen LogP contribution is 2.22. The minimum Gasteiger partial charge on any atom is -0.478 e. The van der Waals surface area contributed by atoms with Gasteiger partial charge in [-0.25, -0.2) is 17.9 Å². The van der Waals surface area contributed by atoms with E-state index in [1.807, 2.05) is 0 Å². The summed E-state index contributed by atoms with van der Waals surface area (Å²) in [5, 5.41) is 8.75. The van der Waals surface area contributed by atoms with Gasteiger partial charge >= 0.3 is 5.97 Å². The second-order valence-electron chi connectivity index (χ2n) is 3.30. The predicted octanol–water partition coefficient (Wildman–Crippen LogP) is 1.34. The molecule has 0 saturated heterocycles. The maximum Gasteiger partial charge on any atom is 0.335 e. The average Bonchev–Trinajstić information content (AvgIpc) is 2.29. The Morgan fingerprint density at radius 3 is 2.72 bits per heavy atom. The van der Waals surface area contributed by atoms with Gasteiger partial charge in [0.2, 0.25) is 10.0 Å². The summed E-state index contributed by atoms with van der Waals surface area (Å²) in [6, 6.07) is 3.45. The van der Waals surface area contributed by atoms with Crippen LogP contribution in [0.3, 0.4) is 0 Å². The lowest BCUT2D eigenvalue weighted by molar-refractivity contribution is 0.0696. The van der Waals surface area contributed by atoms with Gasteiger partial charge in [0.15, 0.2) is 0 Å². The number of aromatic carboxylic acids is 1. The Balaban J connectivity index is 3.12. The highest BCUT2D eigenvalue weighted by atomic mass is 35.5. The lowest BCUT2D eigenvalue weighted by Gasteiger charge is -2.08. The van der Waals surface area contributed by atoms with Crippen LogP contribution in [0.25, 0.3) is 0 Å². The lowest BCUT2D eigenvalue weighted by Crippen LogP contribution is -2.25. The summed E-state index contributed by atoms with van der Waals surface area (Å²) >= 11 is 5.75. The van der Waals surface area contributed by atoms with Crippen LogP contribution >= 0.6 is 11.6 Å². The van der Waals surface area contributed by atoms with E-state index in [4.69, 9.17) is 23.1 Å². The second kappa shape index (κ2) is 5.87. The number of rotatable bonds is 5. The van der Waals surface area contributed by atoms with Crippen molar-refractivity contribution in [1.29, 1.82) is 0 Å². The fraction of sp³-hybridized carbons (Fsp3) is 0.182. The molecule has 0 bridgehead atoms. The first kappa shape index (κ1) is 14.5. The Bertz CT molecular complexity index is 604. The molecule has 0 saturated carbocycles. The molecule has 1 aromatic rings. The van der Waals surface area contributed by atoms with Crippen LogP contribution in [-0.2, 0) is 10.0 Å². The molecule has 0 fully saturated rings. The molecule has 18 heavy (non-hydrogen) atoms. The van der Waals surface area contributed by atoms with E-state index in [1.165, 1.54) is 12.1 Å². The molecule has 5 nitrogen and oxygen atoms in total. The van der Waals surface area contributed by atoms with Gasteiger partial charge in [0.05, 0.1) is 10.6 Å². The van der Waals surface area contributed by atoms with E-state index in [2.05, 4.69) is 10.6 Å². The topological polar surface area (TPSA) is 83.5 Å². The third-order valence-corrected chi connectivity index (χ3v) is 3.97. The van der Waals surface area contributed by atoms with Crippen LogP contribution in [0.4, 0.5) is 0 Å². The van der Waals surface area contributed by atoms with Crippen LogP contribution in [0.5, 0.6) is 0 Å². The first-order valence-corrected chi connectivity index (χ1v) is 6.70. The van der Waals surface area contributed by atoms with Crippen LogP contribution in [0, 0.1) is 12.3 Å². The van der Waals surface area contributed by atoms with Crippen molar-refractivity contribution in [3.05, 3.63) is 28.8 Å². The zero-order valence-electron chi connectivity index (χ0n) is 9.18.